The normalized spacial score (nSPS) is 27.0. The summed E-state index contributed by atoms with van der Waals surface area (Å²) in [6.45, 7) is 5.20. The second kappa shape index (κ2) is 11.6. The minimum atomic E-state index is 0.177. The molecule has 0 N–H and O–H groups in total. The molecule has 1 aliphatic carbocycles. The molecule has 218 valence electrons. The number of para-hydroxylation sites is 2. The van der Waals surface area contributed by atoms with E-state index in [0.717, 1.165) is 43.7 Å². The maximum Gasteiger partial charge on any atom is 0.222 e. The molecular formula is C36H48N4O. The number of benzene rings is 2. The van der Waals surface area contributed by atoms with Crippen LogP contribution in [0.3, 0.4) is 0 Å². The van der Waals surface area contributed by atoms with E-state index in [4.69, 9.17) is 4.98 Å². The van der Waals surface area contributed by atoms with Gasteiger partial charge in [0.25, 0.3) is 0 Å². The Morgan fingerprint density at radius 1 is 0.854 bits per heavy atom. The zero-order valence-corrected chi connectivity index (χ0v) is 25.0. The monoisotopic (exact) mass is 552 g/mol. The second-order valence-corrected chi connectivity index (χ2v) is 13.8. The number of carbonyl (C=O) groups is 1. The average Bonchev–Trinajstić information content (AvgIpc) is 3.47. The summed E-state index contributed by atoms with van der Waals surface area (Å²) < 4.78 is 2.55. The van der Waals surface area contributed by atoms with Crippen molar-refractivity contribution in [2.45, 2.75) is 114 Å². The molecule has 4 aliphatic rings. The van der Waals surface area contributed by atoms with Gasteiger partial charge < -0.3 is 9.47 Å². The minimum absolute atomic E-state index is 0.177. The first kappa shape index (κ1) is 27.2. The molecule has 3 aromatic rings. The van der Waals surface area contributed by atoms with E-state index < -0.39 is 0 Å². The Kier molecular flexibility index (Phi) is 7.66. The van der Waals surface area contributed by atoms with Gasteiger partial charge in [0.1, 0.15) is 5.82 Å². The van der Waals surface area contributed by atoms with Crippen LogP contribution in [0.2, 0.25) is 0 Å². The number of fused-ring (bicyclic) bond motifs is 3. The lowest BCUT2D eigenvalue weighted by Crippen LogP contribution is -2.49. The third-order valence-corrected chi connectivity index (χ3v) is 11.5. The highest BCUT2D eigenvalue weighted by atomic mass is 16.2. The maximum absolute atomic E-state index is 13.3. The number of amides is 1. The van der Waals surface area contributed by atoms with Crippen LogP contribution in [0.25, 0.3) is 11.0 Å². The first-order valence-corrected chi connectivity index (χ1v) is 16.6. The molecule has 3 saturated heterocycles. The van der Waals surface area contributed by atoms with Crippen molar-refractivity contribution in [3.8, 4) is 0 Å². The van der Waals surface area contributed by atoms with Gasteiger partial charge >= 0.3 is 0 Å². The molecule has 3 atom stereocenters. The Hall–Kier alpha value is -2.66. The van der Waals surface area contributed by atoms with E-state index in [1.165, 1.54) is 81.8 Å². The van der Waals surface area contributed by atoms with Crippen LogP contribution in [0, 0.1) is 12.8 Å². The van der Waals surface area contributed by atoms with Gasteiger partial charge in [0, 0.05) is 37.6 Å². The van der Waals surface area contributed by atoms with Gasteiger partial charge in [0.05, 0.1) is 11.0 Å². The number of hydrogen-bond acceptors (Lipinski definition) is 3. The molecule has 5 heteroatoms. The summed E-state index contributed by atoms with van der Waals surface area (Å²) in [6.07, 6.45) is 15.8. The van der Waals surface area contributed by atoms with Crippen LogP contribution < -0.4 is 0 Å². The molecule has 3 aliphatic heterocycles. The molecule has 0 radical (unpaired) electrons. The number of aryl methyl sites for hydroxylation is 1. The number of aromatic nitrogens is 2. The van der Waals surface area contributed by atoms with Gasteiger partial charge in [-0.25, -0.2) is 4.98 Å². The Bertz CT molecular complexity index is 1320. The average molecular weight is 553 g/mol. The Morgan fingerprint density at radius 2 is 1.54 bits per heavy atom. The van der Waals surface area contributed by atoms with Gasteiger partial charge in [0.15, 0.2) is 0 Å². The summed E-state index contributed by atoms with van der Waals surface area (Å²) in [5.41, 5.74) is 4.10. The van der Waals surface area contributed by atoms with Gasteiger partial charge in [0.2, 0.25) is 5.91 Å². The third-order valence-electron chi connectivity index (χ3n) is 11.5. The zero-order chi connectivity index (χ0) is 27.8. The third kappa shape index (κ3) is 5.35. The fourth-order valence-electron chi connectivity index (χ4n) is 9.22. The highest BCUT2D eigenvalue weighted by molar-refractivity contribution is 5.77. The molecule has 4 fully saturated rings. The van der Waals surface area contributed by atoms with Crippen LogP contribution in [-0.2, 0) is 10.2 Å². The SMILES string of the molecule is Cc1nc2ccccc2n1C1C[C@H]2CC[C@@H](C1)N2CCC1(c2ccccc2)CCN(C(=O)CC2CCCCC2)CC1. The van der Waals surface area contributed by atoms with Gasteiger partial charge in [-0.1, -0.05) is 61.7 Å². The lowest BCUT2D eigenvalue weighted by atomic mass is 9.70. The van der Waals surface area contributed by atoms with E-state index in [0.29, 0.717) is 30.0 Å². The van der Waals surface area contributed by atoms with Crippen molar-refractivity contribution in [3.63, 3.8) is 0 Å². The second-order valence-electron chi connectivity index (χ2n) is 13.8. The van der Waals surface area contributed by atoms with Crippen LogP contribution in [-0.4, -0.2) is 57.0 Å². The van der Waals surface area contributed by atoms with E-state index in [1.54, 1.807) is 0 Å². The molecule has 1 unspecified atom stereocenters. The van der Waals surface area contributed by atoms with Crippen LogP contribution in [0.5, 0.6) is 0 Å². The van der Waals surface area contributed by atoms with Crippen molar-refractivity contribution in [1.82, 2.24) is 19.4 Å². The fraction of sp³-hybridized carbons (Fsp3) is 0.611. The molecule has 1 amide bonds. The molecule has 41 heavy (non-hydrogen) atoms. The number of piperidine rings is 2. The lowest BCUT2D eigenvalue weighted by Gasteiger charge is -2.46. The molecule has 4 heterocycles. The quantitative estimate of drug-likeness (QED) is 0.306. The van der Waals surface area contributed by atoms with Gasteiger partial charge in [-0.2, -0.15) is 0 Å². The molecule has 1 aromatic heterocycles. The van der Waals surface area contributed by atoms with E-state index in [2.05, 4.69) is 75.9 Å². The van der Waals surface area contributed by atoms with Crippen LogP contribution in [0.15, 0.2) is 54.6 Å². The molecule has 1 saturated carbocycles. The van der Waals surface area contributed by atoms with Crippen molar-refractivity contribution >= 4 is 16.9 Å². The molecule has 5 nitrogen and oxygen atoms in total. The van der Waals surface area contributed by atoms with Gasteiger partial charge in [-0.3, -0.25) is 9.69 Å². The number of likely N-dealkylation sites (tertiary alicyclic amines) is 1. The first-order chi connectivity index (χ1) is 20.1. The van der Waals surface area contributed by atoms with Crippen LogP contribution in [0.4, 0.5) is 0 Å². The van der Waals surface area contributed by atoms with E-state index in [-0.39, 0.29) is 5.41 Å². The summed E-state index contributed by atoms with van der Waals surface area (Å²) in [5.74, 6) is 2.21. The van der Waals surface area contributed by atoms with Gasteiger partial charge in [-0.15, -0.1) is 0 Å². The van der Waals surface area contributed by atoms with Crippen molar-refractivity contribution < 1.29 is 4.79 Å². The fourth-order valence-corrected chi connectivity index (χ4v) is 9.22. The molecule has 0 spiro atoms. The Labute approximate surface area is 246 Å². The lowest BCUT2D eigenvalue weighted by molar-refractivity contribution is -0.134. The highest BCUT2D eigenvalue weighted by Gasteiger charge is 2.44. The number of nitrogens with zero attached hydrogens (tertiary/aromatic N) is 4. The number of imidazole rings is 1. The molecule has 2 aromatic carbocycles. The predicted molar refractivity (Wildman–Crippen MR) is 166 cm³/mol. The summed E-state index contributed by atoms with van der Waals surface area (Å²) in [4.78, 5) is 23.2. The molecule has 2 bridgehead atoms. The molecule has 7 rings (SSSR count). The van der Waals surface area contributed by atoms with Crippen molar-refractivity contribution in [2.75, 3.05) is 19.6 Å². The van der Waals surface area contributed by atoms with Crippen LogP contribution in [0.1, 0.15) is 101 Å². The number of rotatable bonds is 7. The van der Waals surface area contributed by atoms with E-state index in [9.17, 15) is 4.79 Å². The summed E-state index contributed by atoms with van der Waals surface area (Å²) in [7, 11) is 0. The minimum Gasteiger partial charge on any atom is -0.343 e. The van der Waals surface area contributed by atoms with Crippen molar-refractivity contribution in [3.05, 3.63) is 66.0 Å². The predicted octanol–water partition coefficient (Wildman–Crippen LogP) is 7.43. The van der Waals surface area contributed by atoms with E-state index >= 15 is 0 Å². The number of carbonyl (C=O) groups excluding carboxylic acids is 1. The summed E-state index contributed by atoms with van der Waals surface area (Å²) in [5, 5.41) is 0. The molecular weight excluding hydrogens is 504 g/mol. The standard InChI is InChI=1S/C36H48N4O/c1-27-37-33-14-8-9-15-34(33)40(27)32-25-30-16-17-31(26-32)39(30)23-20-36(29-12-6-3-7-13-29)18-21-38(22-19-36)35(41)24-28-10-4-2-5-11-28/h3,6-9,12-15,28,30-32H,2,4-5,10-11,16-26H2,1H3/t30-,31+,32?. The smallest absolute Gasteiger partial charge is 0.222 e. The van der Waals surface area contributed by atoms with Crippen molar-refractivity contribution in [1.29, 1.82) is 0 Å². The van der Waals surface area contributed by atoms with Gasteiger partial charge in [-0.05, 0) is 100 Å². The zero-order valence-electron chi connectivity index (χ0n) is 25.0. The topological polar surface area (TPSA) is 41.4 Å². The Balaban J connectivity index is 1.03. The summed E-state index contributed by atoms with van der Waals surface area (Å²) >= 11 is 0. The largest absolute Gasteiger partial charge is 0.343 e. The van der Waals surface area contributed by atoms with Crippen LogP contribution >= 0.6 is 0 Å². The highest BCUT2D eigenvalue weighted by Crippen LogP contribution is 2.45. The number of hydrogen-bond donors (Lipinski definition) is 0. The maximum atomic E-state index is 13.3. The first-order valence-electron chi connectivity index (χ1n) is 16.6. The Morgan fingerprint density at radius 3 is 2.27 bits per heavy atom. The van der Waals surface area contributed by atoms with Crippen molar-refractivity contribution in [2.24, 2.45) is 5.92 Å². The van der Waals surface area contributed by atoms with E-state index in [1.807, 2.05) is 0 Å². The summed E-state index contributed by atoms with van der Waals surface area (Å²) in [6, 6.07) is 21.8.